The van der Waals surface area contributed by atoms with Crippen LogP contribution in [0.3, 0.4) is 0 Å². The molecule has 0 amide bonds. The van der Waals surface area contributed by atoms with Gasteiger partial charge in [0.15, 0.2) is 5.84 Å². The molecule has 4 aromatic rings. The quantitative estimate of drug-likeness (QED) is 0.0953. The number of anilines is 1. The molecule has 0 aliphatic carbocycles. The second-order valence-electron chi connectivity index (χ2n) is 13.3. The van der Waals surface area contributed by atoms with Crippen molar-refractivity contribution in [2.24, 2.45) is 15.7 Å². The molecule has 55 heavy (non-hydrogen) atoms. The molecule has 1 heterocycles. The molecule has 2 N–H and O–H groups in total. The molecule has 0 radical (unpaired) electrons. The fourth-order valence-electron chi connectivity index (χ4n) is 6.38. The fourth-order valence-corrected chi connectivity index (χ4v) is 6.38. The molecule has 0 saturated heterocycles. The molecule has 4 nitrogen and oxygen atoms in total. The highest BCUT2D eigenvalue weighted by Crippen LogP contribution is 2.36. The zero-order valence-electron chi connectivity index (χ0n) is 32.6. The van der Waals surface area contributed by atoms with Crippen LogP contribution in [0.25, 0.3) is 16.7 Å². The average Bonchev–Trinajstić information content (AvgIpc) is 3.25. The predicted octanol–water partition coefficient (Wildman–Crippen LogP) is 12.7. The van der Waals surface area contributed by atoms with Crippen LogP contribution in [0.4, 0.5) is 5.69 Å². The number of benzene rings is 4. The Balaban J connectivity index is 1.59. The Bertz CT molecular complexity index is 2270. The van der Waals surface area contributed by atoms with Crippen molar-refractivity contribution < 1.29 is 0 Å². The average molecular weight is 721 g/mol. The van der Waals surface area contributed by atoms with E-state index in [4.69, 9.17) is 10.7 Å². The molecule has 1 unspecified atom stereocenters. The van der Waals surface area contributed by atoms with Gasteiger partial charge in [-0.05, 0) is 101 Å². The Labute approximate surface area is 328 Å². The van der Waals surface area contributed by atoms with Crippen LogP contribution in [0.2, 0.25) is 0 Å². The lowest BCUT2D eigenvalue weighted by molar-refractivity contribution is 0.731. The summed E-state index contributed by atoms with van der Waals surface area (Å²) in [6.45, 7) is 21.8. The van der Waals surface area contributed by atoms with Gasteiger partial charge >= 0.3 is 0 Å². The van der Waals surface area contributed by atoms with Crippen molar-refractivity contribution >= 4 is 22.8 Å². The maximum absolute atomic E-state index is 5.93. The van der Waals surface area contributed by atoms with Crippen LogP contribution in [-0.2, 0) is 0 Å². The molecule has 1 aliphatic heterocycles. The molecule has 276 valence electrons. The lowest BCUT2D eigenvalue weighted by Gasteiger charge is -2.20. The first-order chi connectivity index (χ1) is 26.8. The summed E-state index contributed by atoms with van der Waals surface area (Å²) in [4.78, 5) is 11.8. The van der Waals surface area contributed by atoms with Crippen LogP contribution < -0.4 is 10.6 Å². The lowest BCUT2D eigenvalue weighted by atomic mass is 9.84. The topological polar surface area (TPSA) is 54.0 Å². The van der Waals surface area contributed by atoms with E-state index in [1.54, 1.807) is 0 Å². The van der Waals surface area contributed by atoms with Gasteiger partial charge in [-0.1, -0.05) is 155 Å². The van der Waals surface area contributed by atoms with E-state index in [0.717, 1.165) is 67.9 Å². The number of hydrogen-bond donors (Lipinski definition) is 1. The molecule has 5 rings (SSSR count). The van der Waals surface area contributed by atoms with Gasteiger partial charge in [0.25, 0.3) is 0 Å². The standard InChI is InChI=1S/C51H52N4/c1-8-11-22-41(10-3)50(54-51(53-36-52)42-23-13-12-14-24-42)45-27-17-25-43(34-45)44-26-18-28-46(35-44)55-32-19-21-38(5)39(6)40(7)48(31-20-33-55)49-30-16-15-29-47(49)37(4)9-2/h8,10-35,37H,3,6-7,9,36,52H2,1-2,4-5H3/b11-8-,32-19-,33-20-,38-21-,41-22+,48-31+,53-51-,54-50+. The monoisotopic (exact) mass is 720 g/mol. The molecule has 4 aromatic carbocycles. The largest absolute Gasteiger partial charge is 0.324 e. The van der Waals surface area contributed by atoms with E-state index in [1.807, 2.05) is 61.6 Å². The van der Waals surface area contributed by atoms with E-state index in [0.29, 0.717) is 11.8 Å². The minimum Gasteiger partial charge on any atom is -0.324 e. The van der Waals surface area contributed by atoms with Gasteiger partial charge in [-0.15, -0.1) is 0 Å². The number of hydrogen-bond acceptors (Lipinski definition) is 3. The molecule has 0 spiro atoms. The number of amidine groups is 1. The summed E-state index contributed by atoms with van der Waals surface area (Å²) in [5.74, 6) is 0.977. The highest BCUT2D eigenvalue weighted by atomic mass is 15.1. The van der Waals surface area contributed by atoms with E-state index in [2.05, 4.69) is 160 Å². The zero-order chi connectivity index (χ0) is 39.2. The Morgan fingerprint density at radius 1 is 0.818 bits per heavy atom. The predicted molar refractivity (Wildman–Crippen MR) is 239 cm³/mol. The number of rotatable bonds is 11. The summed E-state index contributed by atoms with van der Waals surface area (Å²) in [6, 6.07) is 35.5. The minimum absolute atomic E-state index is 0.122. The van der Waals surface area contributed by atoms with Crippen LogP contribution in [-0.4, -0.2) is 18.2 Å². The van der Waals surface area contributed by atoms with E-state index in [9.17, 15) is 0 Å². The first-order valence-corrected chi connectivity index (χ1v) is 18.8. The van der Waals surface area contributed by atoms with Gasteiger partial charge in [0.1, 0.15) is 0 Å². The highest BCUT2D eigenvalue weighted by molar-refractivity contribution is 6.21. The number of aliphatic imine (C=N–C) groups is 2. The Morgan fingerprint density at radius 3 is 2.20 bits per heavy atom. The number of allylic oxidation sites excluding steroid dienone is 13. The van der Waals surface area contributed by atoms with Gasteiger partial charge in [-0.25, -0.2) is 4.99 Å². The third-order valence-corrected chi connectivity index (χ3v) is 9.73. The molecular formula is C51H52N4. The van der Waals surface area contributed by atoms with Crippen LogP contribution >= 0.6 is 0 Å². The van der Waals surface area contributed by atoms with Crippen LogP contribution in [0.1, 0.15) is 62.3 Å². The summed E-state index contributed by atoms with van der Waals surface area (Å²) in [5.41, 5.74) is 19.0. The van der Waals surface area contributed by atoms with Crippen LogP contribution in [0.5, 0.6) is 0 Å². The van der Waals surface area contributed by atoms with Crippen molar-refractivity contribution in [3.05, 3.63) is 228 Å². The van der Waals surface area contributed by atoms with Crippen molar-refractivity contribution in [3.63, 3.8) is 0 Å². The summed E-state index contributed by atoms with van der Waals surface area (Å²) in [6.07, 6.45) is 21.5. The molecule has 1 atom stereocenters. The second kappa shape index (κ2) is 19.6. The molecular weight excluding hydrogens is 669 g/mol. The van der Waals surface area contributed by atoms with Gasteiger partial charge in [0.2, 0.25) is 0 Å². The third-order valence-electron chi connectivity index (χ3n) is 9.73. The smallest absolute Gasteiger partial charge is 0.156 e. The van der Waals surface area contributed by atoms with Gasteiger partial charge in [-0.3, -0.25) is 4.99 Å². The van der Waals surface area contributed by atoms with Crippen molar-refractivity contribution in [2.75, 3.05) is 11.6 Å². The van der Waals surface area contributed by atoms with Gasteiger partial charge < -0.3 is 10.6 Å². The SMILES string of the molecule is C=CC(=C\C=C/C)/C(=N\C(=N/CN)c1ccccc1)c1cccc(-c2cccc(N3/C=C\C=C(\C)C(=C)C(=C)/C(c4ccccc4C(C)CC)=C\C=C/3)c2)c1. The van der Waals surface area contributed by atoms with Crippen molar-refractivity contribution in [3.8, 4) is 11.1 Å². The molecule has 4 heteroatoms. The molecule has 0 aromatic heterocycles. The van der Waals surface area contributed by atoms with Crippen LogP contribution in [0.15, 0.2) is 216 Å². The number of nitrogens with two attached hydrogens (primary N) is 1. The fraction of sp³-hybridized carbons (Fsp3) is 0.137. The third kappa shape index (κ3) is 10.00. The van der Waals surface area contributed by atoms with Crippen molar-refractivity contribution in [1.82, 2.24) is 0 Å². The highest BCUT2D eigenvalue weighted by Gasteiger charge is 2.17. The minimum atomic E-state index is 0.122. The van der Waals surface area contributed by atoms with E-state index >= 15 is 0 Å². The lowest BCUT2D eigenvalue weighted by Crippen LogP contribution is -2.11. The first-order valence-electron chi connectivity index (χ1n) is 18.8. The van der Waals surface area contributed by atoms with Crippen molar-refractivity contribution in [2.45, 2.75) is 40.0 Å². The van der Waals surface area contributed by atoms with Crippen LogP contribution in [0, 0.1) is 0 Å². The van der Waals surface area contributed by atoms with Gasteiger partial charge in [0, 0.05) is 34.8 Å². The second-order valence-corrected chi connectivity index (χ2v) is 13.3. The van der Waals surface area contributed by atoms with Gasteiger partial charge in [0.05, 0.1) is 12.4 Å². The Kier molecular flexibility index (Phi) is 14.2. The Hall–Kier alpha value is -6.36. The molecule has 1 aliphatic rings. The summed E-state index contributed by atoms with van der Waals surface area (Å²) >= 11 is 0. The van der Waals surface area contributed by atoms with E-state index < -0.39 is 0 Å². The van der Waals surface area contributed by atoms with E-state index in [-0.39, 0.29) is 6.67 Å². The molecule has 0 fully saturated rings. The number of nitrogens with zero attached hydrogens (tertiary/aromatic N) is 3. The summed E-state index contributed by atoms with van der Waals surface area (Å²) in [7, 11) is 0. The van der Waals surface area contributed by atoms with Crippen molar-refractivity contribution in [1.29, 1.82) is 0 Å². The summed E-state index contributed by atoms with van der Waals surface area (Å²) in [5, 5.41) is 0. The maximum atomic E-state index is 5.93. The maximum Gasteiger partial charge on any atom is 0.156 e. The van der Waals surface area contributed by atoms with Gasteiger partial charge in [-0.2, -0.15) is 0 Å². The van der Waals surface area contributed by atoms with E-state index in [1.165, 1.54) is 11.1 Å². The molecule has 0 bridgehead atoms. The Morgan fingerprint density at radius 2 is 1.49 bits per heavy atom. The summed E-state index contributed by atoms with van der Waals surface area (Å²) < 4.78 is 0. The first kappa shape index (κ1) is 39.8. The normalized spacial score (nSPS) is 18.2. The zero-order valence-corrected chi connectivity index (χ0v) is 32.6. The molecule has 0 saturated carbocycles.